The fourth-order valence-electron chi connectivity index (χ4n) is 4.52. The summed E-state index contributed by atoms with van der Waals surface area (Å²) >= 11 is 0. The first-order chi connectivity index (χ1) is 15.8. The molecule has 1 N–H and O–H groups in total. The molecule has 10 heteroatoms. The number of anilines is 2. The number of aliphatic imine (C=N–C) groups is 1. The summed E-state index contributed by atoms with van der Waals surface area (Å²) in [4.78, 5) is 19.0. The standard InChI is InChI=1S/C23H27F3N6O/c1-3-7-17-19(27-2)30-21(32-12-13-33-22(15-32)9-4-5-10-22)31-20(17)29-14-16-8-6-11-28-18(16)23(24,25)26/h3,6-8,11H,2,4-5,9-10,12-15H2,1H3,(H,29,30,31)/b7-3-. The Morgan fingerprint density at radius 2 is 2.09 bits per heavy atom. The minimum atomic E-state index is -4.54. The second kappa shape index (κ2) is 9.46. The Hall–Kier alpha value is -3.01. The van der Waals surface area contributed by atoms with E-state index >= 15 is 0 Å². The van der Waals surface area contributed by atoms with Gasteiger partial charge in [0.1, 0.15) is 11.5 Å². The number of hydrogen-bond donors (Lipinski definition) is 1. The van der Waals surface area contributed by atoms with Gasteiger partial charge in [-0.25, -0.2) is 4.99 Å². The van der Waals surface area contributed by atoms with E-state index in [4.69, 9.17) is 9.72 Å². The number of halogens is 3. The molecule has 176 valence electrons. The third kappa shape index (κ3) is 5.00. The van der Waals surface area contributed by atoms with Gasteiger partial charge in [0.15, 0.2) is 5.82 Å². The van der Waals surface area contributed by atoms with E-state index in [1.165, 1.54) is 12.1 Å². The van der Waals surface area contributed by atoms with Crippen LogP contribution in [-0.2, 0) is 17.5 Å². The monoisotopic (exact) mass is 460 g/mol. The van der Waals surface area contributed by atoms with E-state index < -0.39 is 11.9 Å². The van der Waals surface area contributed by atoms with Crippen molar-refractivity contribution in [2.75, 3.05) is 29.9 Å². The van der Waals surface area contributed by atoms with Gasteiger partial charge in [0.25, 0.3) is 0 Å². The lowest BCUT2D eigenvalue weighted by atomic mass is 10.00. The summed E-state index contributed by atoms with van der Waals surface area (Å²) in [6.45, 7) is 7.24. The van der Waals surface area contributed by atoms with Crippen molar-refractivity contribution in [1.82, 2.24) is 15.0 Å². The van der Waals surface area contributed by atoms with Crippen LogP contribution in [0.5, 0.6) is 0 Å². The van der Waals surface area contributed by atoms with E-state index in [2.05, 4.69) is 31.9 Å². The number of rotatable bonds is 6. The first-order valence-corrected chi connectivity index (χ1v) is 11.0. The molecule has 1 saturated heterocycles. The van der Waals surface area contributed by atoms with Crippen LogP contribution in [-0.4, -0.2) is 47.0 Å². The maximum absolute atomic E-state index is 13.4. The van der Waals surface area contributed by atoms with Crippen LogP contribution in [0.4, 0.5) is 30.8 Å². The van der Waals surface area contributed by atoms with Crippen LogP contribution in [0.1, 0.15) is 49.4 Å². The molecular weight excluding hydrogens is 433 g/mol. The molecule has 1 spiro atoms. The summed E-state index contributed by atoms with van der Waals surface area (Å²) in [6.07, 6.45) is 4.42. The van der Waals surface area contributed by atoms with Gasteiger partial charge in [-0.3, -0.25) is 4.98 Å². The van der Waals surface area contributed by atoms with Crippen LogP contribution >= 0.6 is 0 Å². The number of morpholine rings is 1. The van der Waals surface area contributed by atoms with Crippen molar-refractivity contribution in [3.05, 3.63) is 41.2 Å². The Bertz CT molecular complexity index is 1030. The third-order valence-corrected chi connectivity index (χ3v) is 6.05. The zero-order valence-electron chi connectivity index (χ0n) is 18.5. The summed E-state index contributed by atoms with van der Waals surface area (Å²) < 4.78 is 46.2. The van der Waals surface area contributed by atoms with Crippen molar-refractivity contribution >= 4 is 30.4 Å². The number of pyridine rings is 1. The lowest BCUT2D eigenvalue weighted by Gasteiger charge is -2.40. The highest BCUT2D eigenvalue weighted by molar-refractivity contribution is 5.74. The minimum absolute atomic E-state index is 0.0287. The maximum Gasteiger partial charge on any atom is 0.433 e. The first kappa shape index (κ1) is 23.2. The predicted molar refractivity (Wildman–Crippen MR) is 122 cm³/mol. The van der Waals surface area contributed by atoms with Crippen molar-refractivity contribution in [3.63, 3.8) is 0 Å². The summed E-state index contributed by atoms with van der Waals surface area (Å²) in [5.41, 5.74) is -0.507. The molecule has 7 nitrogen and oxygen atoms in total. The fraction of sp³-hybridized carbons (Fsp3) is 0.478. The van der Waals surface area contributed by atoms with E-state index in [0.29, 0.717) is 42.8 Å². The van der Waals surface area contributed by atoms with E-state index in [-0.39, 0.29) is 17.7 Å². The van der Waals surface area contributed by atoms with Gasteiger partial charge in [0.05, 0.1) is 17.8 Å². The molecule has 33 heavy (non-hydrogen) atoms. The van der Waals surface area contributed by atoms with Crippen LogP contribution in [0.15, 0.2) is 29.4 Å². The van der Waals surface area contributed by atoms with Gasteiger partial charge in [0.2, 0.25) is 5.95 Å². The smallest absolute Gasteiger partial charge is 0.371 e. The molecule has 2 aromatic rings. The van der Waals surface area contributed by atoms with Crippen LogP contribution in [0.2, 0.25) is 0 Å². The van der Waals surface area contributed by atoms with E-state index in [0.717, 1.165) is 31.9 Å². The minimum Gasteiger partial charge on any atom is -0.371 e. The topological polar surface area (TPSA) is 75.5 Å². The van der Waals surface area contributed by atoms with Crippen molar-refractivity contribution in [3.8, 4) is 0 Å². The Balaban J connectivity index is 1.66. The predicted octanol–water partition coefficient (Wildman–Crippen LogP) is 5.02. The van der Waals surface area contributed by atoms with Crippen molar-refractivity contribution in [1.29, 1.82) is 0 Å². The second-order valence-corrected chi connectivity index (χ2v) is 8.29. The number of aromatic nitrogens is 3. The normalized spacial score (nSPS) is 18.2. The van der Waals surface area contributed by atoms with Crippen molar-refractivity contribution in [2.24, 2.45) is 4.99 Å². The zero-order chi connectivity index (χ0) is 23.5. The van der Waals surface area contributed by atoms with E-state index in [1.54, 1.807) is 12.2 Å². The molecule has 0 unspecified atom stereocenters. The van der Waals surface area contributed by atoms with Gasteiger partial charge in [-0.2, -0.15) is 23.1 Å². The van der Waals surface area contributed by atoms with E-state index in [1.807, 2.05) is 6.92 Å². The number of nitrogens with one attached hydrogen (secondary N) is 1. The molecule has 1 aliphatic heterocycles. The van der Waals surface area contributed by atoms with Crippen LogP contribution in [0, 0.1) is 0 Å². The molecule has 1 saturated carbocycles. The molecule has 2 fully saturated rings. The Morgan fingerprint density at radius 1 is 1.30 bits per heavy atom. The Morgan fingerprint density at radius 3 is 2.79 bits per heavy atom. The highest BCUT2D eigenvalue weighted by atomic mass is 19.4. The summed E-state index contributed by atoms with van der Waals surface area (Å²) in [7, 11) is 0. The molecule has 4 rings (SSSR count). The summed E-state index contributed by atoms with van der Waals surface area (Å²) in [5, 5.41) is 3.05. The van der Waals surface area contributed by atoms with Crippen molar-refractivity contribution in [2.45, 2.75) is 50.9 Å². The molecular formula is C23H27F3N6O. The number of alkyl halides is 3. The molecule has 3 heterocycles. The number of ether oxygens (including phenoxy) is 1. The molecule has 0 bridgehead atoms. The van der Waals surface area contributed by atoms with Gasteiger partial charge in [-0.05, 0) is 32.5 Å². The van der Waals surface area contributed by atoms with E-state index in [9.17, 15) is 13.2 Å². The zero-order valence-corrected chi connectivity index (χ0v) is 18.5. The van der Waals surface area contributed by atoms with Gasteiger partial charge in [-0.1, -0.05) is 31.1 Å². The lowest BCUT2D eigenvalue weighted by molar-refractivity contribution is -0.141. The highest BCUT2D eigenvalue weighted by Crippen LogP contribution is 2.38. The molecule has 0 amide bonds. The highest BCUT2D eigenvalue weighted by Gasteiger charge is 2.40. The van der Waals surface area contributed by atoms with Gasteiger partial charge in [0, 0.05) is 31.4 Å². The maximum atomic E-state index is 13.4. The quantitative estimate of drug-likeness (QED) is 0.611. The first-order valence-electron chi connectivity index (χ1n) is 11.0. The Kier molecular flexibility index (Phi) is 6.64. The van der Waals surface area contributed by atoms with Gasteiger partial charge < -0.3 is 15.0 Å². The third-order valence-electron chi connectivity index (χ3n) is 6.05. The van der Waals surface area contributed by atoms with Crippen LogP contribution in [0.3, 0.4) is 0 Å². The van der Waals surface area contributed by atoms with Crippen molar-refractivity contribution < 1.29 is 17.9 Å². The van der Waals surface area contributed by atoms with Gasteiger partial charge in [-0.15, -0.1) is 0 Å². The average molecular weight is 461 g/mol. The number of allylic oxidation sites excluding steroid dienone is 1. The second-order valence-electron chi connectivity index (χ2n) is 8.29. The summed E-state index contributed by atoms with van der Waals surface area (Å²) in [5.74, 6) is 1.23. The molecule has 2 aromatic heterocycles. The Labute approximate surface area is 190 Å². The fourth-order valence-corrected chi connectivity index (χ4v) is 4.52. The summed E-state index contributed by atoms with van der Waals surface area (Å²) in [6, 6.07) is 2.88. The molecule has 0 aromatic carbocycles. The SMILES string of the molecule is C=Nc1nc(N2CCOC3(CCCC3)C2)nc(NCc2cccnc2C(F)(F)F)c1/C=C\C. The lowest BCUT2D eigenvalue weighted by Crippen LogP contribution is -2.51. The number of hydrogen-bond acceptors (Lipinski definition) is 7. The largest absolute Gasteiger partial charge is 0.433 e. The average Bonchev–Trinajstić information content (AvgIpc) is 3.25. The number of nitrogens with zero attached hydrogens (tertiary/aromatic N) is 5. The van der Waals surface area contributed by atoms with Gasteiger partial charge >= 0.3 is 6.18 Å². The molecule has 0 radical (unpaired) electrons. The molecule has 1 aliphatic carbocycles. The van der Waals surface area contributed by atoms with Crippen LogP contribution < -0.4 is 10.2 Å². The molecule has 0 atom stereocenters. The van der Waals surface area contributed by atoms with Crippen LogP contribution in [0.25, 0.3) is 6.08 Å². The molecule has 2 aliphatic rings.